The molecule has 1 rings (SSSR count). The number of carboxylic acid groups (broad SMARTS) is 1. The van der Waals surface area contributed by atoms with Gasteiger partial charge in [0, 0.05) is 12.7 Å². The first kappa shape index (κ1) is 16.4. The van der Waals surface area contributed by atoms with Crippen LogP contribution in [0.15, 0.2) is 24.3 Å². The molecule has 20 heavy (non-hydrogen) atoms. The fraction of sp³-hybridized carbons (Fsp3) is 0.429. The van der Waals surface area contributed by atoms with E-state index in [0.717, 1.165) is 17.1 Å². The lowest BCUT2D eigenvalue weighted by molar-refractivity contribution is -0.141. The van der Waals surface area contributed by atoms with Crippen LogP contribution in [0.3, 0.4) is 0 Å². The molecular formula is C14H19NO4S. The molecule has 0 aliphatic rings. The zero-order valence-electron chi connectivity index (χ0n) is 11.6. The summed E-state index contributed by atoms with van der Waals surface area (Å²) in [6, 6.07) is 6.94. The van der Waals surface area contributed by atoms with Gasteiger partial charge in [-0.1, -0.05) is 12.1 Å². The lowest BCUT2D eigenvalue weighted by Gasteiger charge is -2.12. The highest BCUT2D eigenvalue weighted by molar-refractivity contribution is 7.98. The summed E-state index contributed by atoms with van der Waals surface area (Å²) in [5, 5.41) is 11.4. The quantitative estimate of drug-likeness (QED) is 0.717. The Labute approximate surface area is 122 Å². The van der Waals surface area contributed by atoms with Crippen molar-refractivity contribution < 1.29 is 19.4 Å². The van der Waals surface area contributed by atoms with Crippen LogP contribution in [0.4, 0.5) is 0 Å². The summed E-state index contributed by atoms with van der Waals surface area (Å²) in [6.45, 7) is 1.32. The van der Waals surface area contributed by atoms with Crippen LogP contribution < -0.4 is 10.1 Å². The molecule has 0 saturated heterocycles. The minimum atomic E-state index is -0.998. The standard InChI is InChI=1S/C14H19NO4S/c1-10(16)15-13(14(17)18)6-7-20-9-11-4-3-5-12(8-11)19-2/h3-5,8,13H,6-7,9H2,1-2H3,(H,15,16)(H,17,18). The van der Waals surface area contributed by atoms with Crippen LogP contribution in [0.25, 0.3) is 0 Å². The van der Waals surface area contributed by atoms with Crippen molar-refractivity contribution >= 4 is 23.6 Å². The number of benzene rings is 1. The predicted molar refractivity (Wildman–Crippen MR) is 79.0 cm³/mol. The van der Waals surface area contributed by atoms with Crippen molar-refractivity contribution in [2.45, 2.75) is 25.1 Å². The highest BCUT2D eigenvalue weighted by atomic mass is 32.2. The number of methoxy groups -OCH3 is 1. The average molecular weight is 297 g/mol. The highest BCUT2D eigenvalue weighted by Gasteiger charge is 2.17. The molecule has 0 heterocycles. The summed E-state index contributed by atoms with van der Waals surface area (Å²) in [7, 11) is 1.62. The SMILES string of the molecule is COc1cccc(CSCCC(NC(C)=O)C(=O)O)c1. The van der Waals surface area contributed by atoms with Gasteiger partial charge in [-0.3, -0.25) is 4.79 Å². The molecule has 6 heteroatoms. The van der Waals surface area contributed by atoms with Gasteiger partial charge in [0.05, 0.1) is 7.11 Å². The number of thioether (sulfide) groups is 1. The molecule has 0 aliphatic heterocycles. The van der Waals surface area contributed by atoms with E-state index in [-0.39, 0.29) is 5.91 Å². The van der Waals surface area contributed by atoms with Crippen LogP contribution >= 0.6 is 11.8 Å². The lowest BCUT2D eigenvalue weighted by Crippen LogP contribution is -2.39. The number of aliphatic carboxylic acids is 1. The van der Waals surface area contributed by atoms with E-state index in [1.807, 2.05) is 24.3 Å². The zero-order valence-corrected chi connectivity index (χ0v) is 12.4. The Hall–Kier alpha value is -1.69. The summed E-state index contributed by atoms with van der Waals surface area (Å²) in [4.78, 5) is 21.8. The number of ether oxygens (including phenoxy) is 1. The van der Waals surface area contributed by atoms with Gasteiger partial charge in [0.2, 0.25) is 5.91 Å². The molecule has 0 spiro atoms. The smallest absolute Gasteiger partial charge is 0.326 e. The largest absolute Gasteiger partial charge is 0.497 e. The van der Waals surface area contributed by atoms with Crippen LogP contribution in [0.5, 0.6) is 5.75 Å². The van der Waals surface area contributed by atoms with E-state index in [1.54, 1.807) is 18.9 Å². The summed E-state index contributed by atoms with van der Waals surface area (Å²) in [5.41, 5.74) is 1.13. The number of hydrogen-bond donors (Lipinski definition) is 2. The number of carbonyl (C=O) groups excluding carboxylic acids is 1. The van der Waals surface area contributed by atoms with E-state index in [2.05, 4.69) is 5.32 Å². The number of carbonyl (C=O) groups is 2. The topological polar surface area (TPSA) is 75.6 Å². The van der Waals surface area contributed by atoms with E-state index in [0.29, 0.717) is 12.2 Å². The second-order valence-electron chi connectivity index (χ2n) is 4.28. The molecule has 0 aliphatic carbocycles. The molecule has 1 aromatic carbocycles. The third kappa shape index (κ3) is 5.97. The van der Waals surface area contributed by atoms with E-state index < -0.39 is 12.0 Å². The minimum Gasteiger partial charge on any atom is -0.497 e. The fourth-order valence-corrected chi connectivity index (χ4v) is 2.62. The van der Waals surface area contributed by atoms with Crippen molar-refractivity contribution in [3.63, 3.8) is 0 Å². The summed E-state index contributed by atoms with van der Waals surface area (Å²) < 4.78 is 5.14. The Morgan fingerprint density at radius 2 is 2.20 bits per heavy atom. The molecule has 1 unspecified atom stereocenters. The molecular weight excluding hydrogens is 278 g/mol. The monoisotopic (exact) mass is 297 g/mol. The van der Waals surface area contributed by atoms with Crippen molar-refractivity contribution in [3.8, 4) is 5.75 Å². The third-order valence-corrected chi connectivity index (χ3v) is 3.69. The highest BCUT2D eigenvalue weighted by Crippen LogP contribution is 2.18. The first-order valence-electron chi connectivity index (χ1n) is 6.23. The Bertz CT molecular complexity index is 464. The van der Waals surface area contributed by atoms with Gasteiger partial charge >= 0.3 is 5.97 Å². The summed E-state index contributed by atoms with van der Waals surface area (Å²) in [5.74, 6) is 0.931. The van der Waals surface area contributed by atoms with Crippen LogP contribution in [-0.2, 0) is 15.3 Å². The van der Waals surface area contributed by atoms with Gasteiger partial charge < -0.3 is 15.2 Å². The Kier molecular flexibility index (Phi) is 6.93. The molecule has 1 aromatic rings. The van der Waals surface area contributed by atoms with E-state index >= 15 is 0 Å². The average Bonchev–Trinajstić information content (AvgIpc) is 2.41. The fourth-order valence-electron chi connectivity index (χ4n) is 1.66. The van der Waals surface area contributed by atoms with Gasteiger partial charge in [-0.05, 0) is 29.9 Å². The number of amides is 1. The van der Waals surface area contributed by atoms with Crippen molar-refractivity contribution in [1.29, 1.82) is 0 Å². The molecule has 0 bridgehead atoms. The van der Waals surface area contributed by atoms with Crippen LogP contribution in [0.1, 0.15) is 18.9 Å². The Balaban J connectivity index is 2.35. The number of hydrogen-bond acceptors (Lipinski definition) is 4. The minimum absolute atomic E-state index is 0.324. The van der Waals surface area contributed by atoms with Crippen LogP contribution in [0.2, 0.25) is 0 Å². The number of nitrogens with one attached hydrogen (secondary N) is 1. The van der Waals surface area contributed by atoms with Gasteiger partial charge in [0.25, 0.3) is 0 Å². The van der Waals surface area contributed by atoms with Crippen molar-refractivity contribution in [2.24, 2.45) is 0 Å². The normalized spacial score (nSPS) is 11.7. The maximum absolute atomic E-state index is 10.9. The predicted octanol–water partition coefficient (Wildman–Crippen LogP) is 1.91. The molecule has 0 radical (unpaired) electrons. The lowest BCUT2D eigenvalue weighted by atomic mass is 10.2. The van der Waals surface area contributed by atoms with Gasteiger partial charge in [-0.15, -0.1) is 0 Å². The number of rotatable bonds is 8. The van der Waals surface area contributed by atoms with E-state index in [9.17, 15) is 9.59 Å². The van der Waals surface area contributed by atoms with E-state index in [4.69, 9.17) is 9.84 Å². The molecule has 5 nitrogen and oxygen atoms in total. The van der Waals surface area contributed by atoms with Gasteiger partial charge in [-0.2, -0.15) is 11.8 Å². The third-order valence-electron chi connectivity index (χ3n) is 2.63. The molecule has 1 amide bonds. The maximum Gasteiger partial charge on any atom is 0.326 e. The first-order chi connectivity index (χ1) is 9.52. The second-order valence-corrected chi connectivity index (χ2v) is 5.39. The summed E-state index contributed by atoms with van der Waals surface area (Å²) in [6.07, 6.45) is 0.406. The summed E-state index contributed by atoms with van der Waals surface area (Å²) >= 11 is 1.63. The van der Waals surface area contributed by atoms with E-state index in [1.165, 1.54) is 6.92 Å². The molecule has 0 saturated carbocycles. The van der Waals surface area contributed by atoms with Gasteiger partial charge in [0.1, 0.15) is 11.8 Å². The van der Waals surface area contributed by atoms with Gasteiger partial charge in [0.15, 0.2) is 0 Å². The zero-order chi connectivity index (χ0) is 15.0. The first-order valence-corrected chi connectivity index (χ1v) is 7.39. The Morgan fingerprint density at radius 1 is 1.45 bits per heavy atom. The van der Waals surface area contributed by atoms with Crippen molar-refractivity contribution in [3.05, 3.63) is 29.8 Å². The number of carboxylic acids is 1. The molecule has 0 aromatic heterocycles. The second kappa shape index (κ2) is 8.47. The maximum atomic E-state index is 10.9. The van der Waals surface area contributed by atoms with Gasteiger partial charge in [-0.25, -0.2) is 4.79 Å². The van der Waals surface area contributed by atoms with Crippen LogP contribution in [0, 0.1) is 0 Å². The molecule has 110 valence electrons. The molecule has 0 fully saturated rings. The van der Waals surface area contributed by atoms with Crippen molar-refractivity contribution in [1.82, 2.24) is 5.32 Å². The molecule has 1 atom stereocenters. The van der Waals surface area contributed by atoms with Crippen molar-refractivity contribution in [2.75, 3.05) is 12.9 Å². The Morgan fingerprint density at radius 3 is 2.80 bits per heavy atom. The molecule has 2 N–H and O–H groups in total. The van der Waals surface area contributed by atoms with Crippen LogP contribution in [-0.4, -0.2) is 35.9 Å².